The molecule has 6 heteroatoms. The molecule has 0 aliphatic carbocycles. The van der Waals surface area contributed by atoms with Crippen LogP contribution in [0, 0.1) is 11.6 Å². The molecular formula is C10H10BrF2NO2. The number of anilines is 1. The maximum Gasteiger partial charge on any atom is 0.224 e. The molecule has 0 spiro atoms. The predicted octanol–water partition coefficient (Wildman–Crippen LogP) is 2.44. The van der Waals surface area contributed by atoms with Crippen LogP contribution in [0.3, 0.4) is 0 Å². The Balaban J connectivity index is 2.77. The Bertz CT molecular complexity index is 375. The monoisotopic (exact) mass is 293 g/mol. The van der Waals surface area contributed by atoms with Gasteiger partial charge in [-0.3, -0.25) is 4.79 Å². The first-order valence-corrected chi connectivity index (χ1v) is 5.39. The molecule has 1 rings (SSSR count). The Kier molecular flexibility index (Phi) is 4.82. The molecule has 0 bridgehead atoms. The van der Waals surface area contributed by atoms with Crippen LogP contribution in [-0.2, 0) is 4.79 Å². The largest absolute Gasteiger partial charge is 0.396 e. The molecule has 0 aromatic heterocycles. The van der Waals surface area contributed by atoms with Crippen molar-refractivity contribution in [2.24, 2.45) is 0 Å². The molecule has 16 heavy (non-hydrogen) atoms. The molecule has 0 atom stereocenters. The standard InChI is InChI=1S/C10H10BrF2NO2/c11-7-4-6(12)5-8(13)10(7)14-9(16)2-1-3-15/h4-5,15H,1-3H2,(H,14,16). The summed E-state index contributed by atoms with van der Waals surface area (Å²) in [4.78, 5) is 11.3. The van der Waals surface area contributed by atoms with Crippen LogP contribution in [0.2, 0.25) is 0 Å². The normalized spacial score (nSPS) is 10.2. The summed E-state index contributed by atoms with van der Waals surface area (Å²) >= 11 is 2.95. The Hall–Kier alpha value is -1.01. The summed E-state index contributed by atoms with van der Waals surface area (Å²) in [5.41, 5.74) is -0.0932. The molecule has 0 saturated heterocycles. The van der Waals surface area contributed by atoms with Crippen molar-refractivity contribution in [2.75, 3.05) is 11.9 Å². The Labute approximate surface area is 99.6 Å². The van der Waals surface area contributed by atoms with E-state index in [1.54, 1.807) is 0 Å². The average Bonchev–Trinajstić information content (AvgIpc) is 2.20. The van der Waals surface area contributed by atoms with E-state index in [0.29, 0.717) is 12.5 Å². The lowest BCUT2D eigenvalue weighted by Gasteiger charge is -2.08. The van der Waals surface area contributed by atoms with Gasteiger partial charge in [0.2, 0.25) is 5.91 Å². The van der Waals surface area contributed by atoms with Gasteiger partial charge in [-0.25, -0.2) is 8.78 Å². The number of nitrogens with one attached hydrogen (secondary N) is 1. The van der Waals surface area contributed by atoms with Gasteiger partial charge in [-0.2, -0.15) is 0 Å². The van der Waals surface area contributed by atoms with E-state index in [0.717, 1.165) is 6.07 Å². The molecule has 3 nitrogen and oxygen atoms in total. The quantitative estimate of drug-likeness (QED) is 0.896. The van der Waals surface area contributed by atoms with Gasteiger partial charge in [-0.15, -0.1) is 0 Å². The van der Waals surface area contributed by atoms with Crippen LogP contribution in [0.4, 0.5) is 14.5 Å². The van der Waals surface area contributed by atoms with Crippen molar-refractivity contribution in [1.29, 1.82) is 0 Å². The van der Waals surface area contributed by atoms with Gasteiger partial charge in [-0.1, -0.05) is 0 Å². The van der Waals surface area contributed by atoms with E-state index in [1.807, 2.05) is 0 Å². The number of aliphatic hydroxyl groups is 1. The van der Waals surface area contributed by atoms with Crippen molar-refractivity contribution in [3.63, 3.8) is 0 Å². The summed E-state index contributed by atoms with van der Waals surface area (Å²) in [6.45, 7) is -0.111. The molecule has 0 heterocycles. The van der Waals surface area contributed by atoms with Gasteiger partial charge in [-0.05, 0) is 28.4 Å². The molecule has 0 radical (unpaired) electrons. The molecule has 0 saturated carbocycles. The highest BCUT2D eigenvalue weighted by Crippen LogP contribution is 2.26. The van der Waals surface area contributed by atoms with E-state index in [-0.39, 0.29) is 23.2 Å². The van der Waals surface area contributed by atoms with Crippen molar-refractivity contribution in [1.82, 2.24) is 0 Å². The van der Waals surface area contributed by atoms with Crippen LogP contribution in [0.1, 0.15) is 12.8 Å². The highest BCUT2D eigenvalue weighted by atomic mass is 79.9. The fraction of sp³-hybridized carbons (Fsp3) is 0.300. The van der Waals surface area contributed by atoms with E-state index in [1.165, 1.54) is 0 Å². The minimum Gasteiger partial charge on any atom is -0.396 e. The summed E-state index contributed by atoms with van der Waals surface area (Å²) in [6, 6.07) is 1.75. The zero-order valence-electron chi connectivity index (χ0n) is 8.27. The predicted molar refractivity (Wildman–Crippen MR) is 59.0 cm³/mol. The van der Waals surface area contributed by atoms with Crippen LogP contribution < -0.4 is 5.32 Å². The molecule has 0 unspecified atom stereocenters. The number of carbonyl (C=O) groups is 1. The zero-order chi connectivity index (χ0) is 12.1. The van der Waals surface area contributed by atoms with Gasteiger partial charge in [0.25, 0.3) is 0 Å². The van der Waals surface area contributed by atoms with Gasteiger partial charge in [0.1, 0.15) is 5.82 Å². The van der Waals surface area contributed by atoms with Gasteiger partial charge in [0.05, 0.1) is 5.69 Å². The Morgan fingerprint density at radius 1 is 1.44 bits per heavy atom. The van der Waals surface area contributed by atoms with Crippen LogP contribution >= 0.6 is 15.9 Å². The van der Waals surface area contributed by atoms with Crippen LogP contribution in [-0.4, -0.2) is 17.6 Å². The molecule has 0 aliphatic heterocycles. The smallest absolute Gasteiger partial charge is 0.224 e. The van der Waals surface area contributed by atoms with Crippen LogP contribution in [0.25, 0.3) is 0 Å². The third-order valence-electron chi connectivity index (χ3n) is 1.83. The fourth-order valence-corrected chi connectivity index (χ4v) is 1.61. The minimum atomic E-state index is -0.843. The lowest BCUT2D eigenvalue weighted by molar-refractivity contribution is -0.116. The van der Waals surface area contributed by atoms with Gasteiger partial charge < -0.3 is 10.4 Å². The Morgan fingerprint density at radius 3 is 2.69 bits per heavy atom. The summed E-state index contributed by atoms with van der Waals surface area (Å²) in [7, 11) is 0. The van der Waals surface area contributed by atoms with E-state index in [4.69, 9.17) is 5.11 Å². The molecule has 1 aromatic carbocycles. The first-order chi connectivity index (χ1) is 7.54. The van der Waals surface area contributed by atoms with Crippen molar-refractivity contribution in [2.45, 2.75) is 12.8 Å². The highest BCUT2D eigenvalue weighted by Gasteiger charge is 2.12. The number of benzene rings is 1. The molecule has 2 N–H and O–H groups in total. The van der Waals surface area contributed by atoms with Gasteiger partial charge in [0.15, 0.2) is 5.82 Å². The number of carbonyl (C=O) groups excluding carboxylic acids is 1. The summed E-state index contributed by atoms with van der Waals surface area (Å²) in [6.07, 6.45) is 0.381. The lowest BCUT2D eigenvalue weighted by Crippen LogP contribution is -2.13. The van der Waals surface area contributed by atoms with E-state index in [2.05, 4.69) is 21.2 Å². The maximum atomic E-state index is 13.3. The number of hydrogen-bond acceptors (Lipinski definition) is 2. The molecule has 1 amide bonds. The van der Waals surface area contributed by atoms with Gasteiger partial charge >= 0.3 is 0 Å². The maximum absolute atomic E-state index is 13.3. The molecule has 88 valence electrons. The lowest BCUT2D eigenvalue weighted by atomic mass is 10.2. The van der Waals surface area contributed by atoms with Crippen LogP contribution in [0.5, 0.6) is 0 Å². The molecular weight excluding hydrogens is 284 g/mol. The molecule has 0 fully saturated rings. The van der Waals surface area contributed by atoms with Crippen molar-refractivity contribution >= 4 is 27.5 Å². The van der Waals surface area contributed by atoms with Crippen molar-refractivity contribution in [3.8, 4) is 0 Å². The fourth-order valence-electron chi connectivity index (χ4n) is 1.10. The highest BCUT2D eigenvalue weighted by molar-refractivity contribution is 9.10. The number of rotatable bonds is 4. The van der Waals surface area contributed by atoms with Crippen molar-refractivity contribution in [3.05, 3.63) is 28.2 Å². The zero-order valence-corrected chi connectivity index (χ0v) is 9.85. The Morgan fingerprint density at radius 2 is 2.12 bits per heavy atom. The minimum absolute atomic E-state index is 0.0831. The number of amides is 1. The van der Waals surface area contributed by atoms with Crippen LogP contribution in [0.15, 0.2) is 16.6 Å². The first kappa shape index (κ1) is 13.1. The third-order valence-corrected chi connectivity index (χ3v) is 2.46. The topological polar surface area (TPSA) is 49.3 Å². The SMILES string of the molecule is O=C(CCCO)Nc1c(F)cc(F)cc1Br. The number of halogens is 3. The summed E-state index contributed by atoms with van der Waals surface area (Å²) < 4.78 is 26.1. The van der Waals surface area contributed by atoms with Crippen molar-refractivity contribution < 1.29 is 18.7 Å². The summed E-state index contributed by atoms with van der Waals surface area (Å²) in [5.74, 6) is -2.00. The molecule has 1 aromatic rings. The average molecular weight is 294 g/mol. The van der Waals surface area contributed by atoms with Gasteiger partial charge in [0, 0.05) is 23.6 Å². The second kappa shape index (κ2) is 5.91. The van der Waals surface area contributed by atoms with E-state index >= 15 is 0 Å². The summed E-state index contributed by atoms with van der Waals surface area (Å²) in [5, 5.41) is 10.8. The second-order valence-corrected chi connectivity index (χ2v) is 3.97. The second-order valence-electron chi connectivity index (χ2n) is 3.12. The first-order valence-electron chi connectivity index (χ1n) is 4.60. The number of hydrogen-bond donors (Lipinski definition) is 2. The third kappa shape index (κ3) is 3.53. The van der Waals surface area contributed by atoms with E-state index in [9.17, 15) is 13.6 Å². The molecule has 0 aliphatic rings. The number of aliphatic hydroxyl groups excluding tert-OH is 1. The van der Waals surface area contributed by atoms with E-state index < -0.39 is 17.5 Å².